The minimum atomic E-state index is -0.708. The topological polar surface area (TPSA) is 91.3 Å². The first-order valence-corrected chi connectivity index (χ1v) is 11.9. The second kappa shape index (κ2) is 8.78. The molecule has 9 heteroatoms. The van der Waals surface area contributed by atoms with E-state index in [2.05, 4.69) is 15.2 Å². The fourth-order valence-electron chi connectivity index (χ4n) is 3.79. The normalized spacial score (nSPS) is 14.4. The number of carbonyl (C=O) groups excluding carboxylic acids is 1. The maximum absolute atomic E-state index is 13.3. The molecule has 0 spiro atoms. The molecule has 1 unspecified atom stereocenters. The van der Waals surface area contributed by atoms with Gasteiger partial charge in [0.2, 0.25) is 0 Å². The van der Waals surface area contributed by atoms with Gasteiger partial charge < -0.3 is 14.7 Å². The number of aliphatic hydroxyl groups excluding tert-OH is 1. The molecule has 5 rings (SSSR count). The lowest BCUT2D eigenvalue weighted by Gasteiger charge is -2.19. The Hall–Kier alpha value is -2.94. The summed E-state index contributed by atoms with van der Waals surface area (Å²) in [5.74, 6) is 0.577. The highest BCUT2D eigenvalue weighted by molar-refractivity contribution is 7.19. The number of hydrogen-bond acceptors (Lipinski definition) is 6. The number of fused-ring (bicyclic) bond motifs is 1. The molecule has 1 aliphatic carbocycles. The summed E-state index contributed by atoms with van der Waals surface area (Å²) in [6, 6.07) is 9.40. The molecule has 0 saturated heterocycles. The summed E-state index contributed by atoms with van der Waals surface area (Å²) in [6.07, 6.45) is 4.87. The highest BCUT2D eigenvalue weighted by Gasteiger charge is 2.26. The molecule has 1 saturated carbocycles. The predicted molar refractivity (Wildman–Crippen MR) is 129 cm³/mol. The van der Waals surface area contributed by atoms with Gasteiger partial charge in [-0.2, -0.15) is 5.10 Å². The third-order valence-corrected chi connectivity index (χ3v) is 6.90. The van der Waals surface area contributed by atoms with E-state index in [-0.39, 0.29) is 12.0 Å². The highest BCUT2D eigenvalue weighted by Crippen LogP contribution is 2.40. The van der Waals surface area contributed by atoms with Crippen molar-refractivity contribution in [3.05, 3.63) is 63.9 Å². The summed E-state index contributed by atoms with van der Waals surface area (Å²) >= 11 is 7.62. The molecule has 1 fully saturated rings. The molecule has 33 heavy (non-hydrogen) atoms. The Kier molecular flexibility index (Phi) is 5.82. The SMILES string of the molecule is CC(O)c1ncc(CN(C)C(=O)c2ccc(-c3ccc(Cl)s3)c(OC3CC3)c2)c2[nH]ncc12. The molecule has 2 N–H and O–H groups in total. The van der Waals surface area contributed by atoms with Crippen LogP contribution in [0, 0.1) is 0 Å². The van der Waals surface area contributed by atoms with Crippen molar-refractivity contribution >= 4 is 39.7 Å². The first-order valence-electron chi connectivity index (χ1n) is 10.7. The minimum Gasteiger partial charge on any atom is -0.490 e. The van der Waals surface area contributed by atoms with Gasteiger partial charge in [0.1, 0.15) is 5.75 Å². The Morgan fingerprint density at radius 2 is 2.15 bits per heavy atom. The smallest absolute Gasteiger partial charge is 0.254 e. The van der Waals surface area contributed by atoms with E-state index in [0.717, 1.165) is 39.7 Å². The second-order valence-electron chi connectivity index (χ2n) is 8.30. The zero-order valence-electron chi connectivity index (χ0n) is 18.2. The molecule has 3 aromatic heterocycles. The van der Waals surface area contributed by atoms with Crippen LogP contribution in [0.5, 0.6) is 5.75 Å². The van der Waals surface area contributed by atoms with E-state index in [4.69, 9.17) is 16.3 Å². The third-order valence-electron chi connectivity index (χ3n) is 5.63. The van der Waals surface area contributed by atoms with Crippen LogP contribution in [-0.4, -0.2) is 44.2 Å². The van der Waals surface area contributed by atoms with Crippen molar-refractivity contribution in [1.29, 1.82) is 0 Å². The molecule has 0 radical (unpaired) electrons. The number of nitrogens with one attached hydrogen (secondary N) is 1. The molecule has 3 heterocycles. The molecule has 0 aliphatic heterocycles. The molecule has 170 valence electrons. The number of thiophene rings is 1. The van der Waals surface area contributed by atoms with Crippen molar-refractivity contribution in [2.24, 2.45) is 0 Å². The number of nitrogens with zero attached hydrogens (tertiary/aromatic N) is 3. The number of H-pyrrole nitrogens is 1. The van der Waals surface area contributed by atoms with E-state index in [0.29, 0.717) is 27.9 Å². The number of carbonyl (C=O) groups is 1. The number of aromatic amines is 1. The molecule has 7 nitrogen and oxygen atoms in total. The van der Waals surface area contributed by atoms with Crippen LogP contribution in [0.25, 0.3) is 21.3 Å². The molecular formula is C24H23ClN4O3S. The lowest BCUT2D eigenvalue weighted by molar-refractivity contribution is 0.0785. The fraction of sp³-hybridized carbons (Fsp3) is 0.292. The number of hydrogen-bond donors (Lipinski definition) is 2. The van der Waals surface area contributed by atoms with Crippen molar-refractivity contribution < 1.29 is 14.6 Å². The zero-order chi connectivity index (χ0) is 23.1. The summed E-state index contributed by atoms with van der Waals surface area (Å²) in [5.41, 5.74) is 3.64. The van der Waals surface area contributed by atoms with Crippen LogP contribution >= 0.6 is 22.9 Å². The Morgan fingerprint density at radius 3 is 2.85 bits per heavy atom. The van der Waals surface area contributed by atoms with E-state index >= 15 is 0 Å². The van der Waals surface area contributed by atoms with E-state index in [1.54, 1.807) is 31.3 Å². The van der Waals surface area contributed by atoms with Gasteiger partial charge in [-0.05, 0) is 50.1 Å². The largest absolute Gasteiger partial charge is 0.490 e. The minimum absolute atomic E-state index is 0.126. The van der Waals surface area contributed by atoms with Crippen LogP contribution in [0.2, 0.25) is 4.34 Å². The number of amides is 1. The third kappa shape index (κ3) is 4.46. The Balaban J connectivity index is 1.41. The number of aromatic nitrogens is 3. The average Bonchev–Trinajstić information content (AvgIpc) is 3.28. The number of rotatable bonds is 7. The van der Waals surface area contributed by atoms with Gasteiger partial charge in [0.05, 0.1) is 34.0 Å². The summed E-state index contributed by atoms with van der Waals surface area (Å²) in [6.45, 7) is 2.00. The van der Waals surface area contributed by atoms with Gasteiger partial charge in [0.15, 0.2) is 0 Å². The van der Waals surface area contributed by atoms with E-state index in [1.807, 2.05) is 30.3 Å². The van der Waals surface area contributed by atoms with Crippen LogP contribution in [0.4, 0.5) is 0 Å². The van der Waals surface area contributed by atoms with E-state index in [1.165, 1.54) is 11.3 Å². The lowest BCUT2D eigenvalue weighted by atomic mass is 10.1. The van der Waals surface area contributed by atoms with Crippen molar-refractivity contribution in [2.75, 3.05) is 7.05 Å². The predicted octanol–water partition coefficient (Wildman–Crippen LogP) is 5.21. The number of halogens is 1. The first kappa shape index (κ1) is 21.9. The maximum Gasteiger partial charge on any atom is 0.254 e. The van der Waals surface area contributed by atoms with Crippen LogP contribution in [0.15, 0.2) is 42.7 Å². The van der Waals surface area contributed by atoms with Crippen molar-refractivity contribution in [3.8, 4) is 16.2 Å². The number of pyridine rings is 1. The van der Waals surface area contributed by atoms with Gasteiger partial charge in [-0.25, -0.2) is 0 Å². The van der Waals surface area contributed by atoms with Crippen molar-refractivity contribution in [2.45, 2.75) is 38.5 Å². The molecule has 1 aromatic carbocycles. The number of benzene rings is 1. The lowest BCUT2D eigenvalue weighted by Crippen LogP contribution is -2.26. The molecular weight excluding hydrogens is 460 g/mol. The van der Waals surface area contributed by atoms with Gasteiger partial charge in [-0.1, -0.05) is 11.6 Å². The number of ether oxygens (including phenoxy) is 1. The summed E-state index contributed by atoms with van der Waals surface area (Å²) in [4.78, 5) is 20.3. The van der Waals surface area contributed by atoms with Crippen LogP contribution in [0.1, 0.15) is 47.5 Å². The first-order chi connectivity index (χ1) is 15.9. The van der Waals surface area contributed by atoms with Gasteiger partial charge in [-0.3, -0.25) is 14.9 Å². The summed E-state index contributed by atoms with van der Waals surface area (Å²) < 4.78 is 6.85. The standard InChI is InChI=1S/C24H23ClN4O3S/c1-13(30)22-18-11-27-28-23(18)15(10-26-22)12-29(2)24(31)14-3-6-17(20-7-8-21(25)33-20)19(9-14)32-16-4-5-16/h3,6-11,13,16,30H,4-5,12H2,1-2H3,(H,27,28). The van der Waals surface area contributed by atoms with E-state index in [9.17, 15) is 9.90 Å². The monoisotopic (exact) mass is 482 g/mol. The fourth-order valence-corrected chi connectivity index (χ4v) is 4.86. The van der Waals surface area contributed by atoms with Crippen molar-refractivity contribution in [1.82, 2.24) is 20.1 Å². The summed E-state index contributed by atoms with van der Waals surface area (Å²) in [5, 5.41) is 17.8. The Bertz CT molecular complexity index is 1330. The molecule has 1 amide bonds. The Morgan fingerprint density at radius 1 is 1.33 bits per heavy atom. The zero-order valence-corrected chi connectivity index (χ0v) is 19.8. The quantitative estimate of drug-likeness (QED) is 0.377. The van der Waals surface area contributed by atoms with Crippen LogP contribution in [0.3, 0.4) is 0 Å². The number of aliphatic hydroxyl groups is 1. The molecule has 1 atom stereocenters. The molecule has 4 aromatic rings. The maximum atomic E-state index is 13.3. The second-order valence-corrected chi connectivity index (χ2v) is 10.0. The van der Waals surface area contributed by atoms with Crippen molar-refractivity contribution in [3.63, 3.8) is 0 Å². The Labute approximate surface area is 200 Å². The average molecular weight is 483 g/mol. The molecule has 0 bridgehead atoms. The van der Waals surface area contributed by atoms with Gasteiger partial charge in [0.25, 0.3) is 5.91 Å². The van der Waals surface area contributed by atoms with Gasteiger partial charge in [0, 0.05) is 46.7 Å². The summed E-state index contributed by atoms with van der Waals surface area (Å²) in [7, 11) is 1.75. The highest BCUT2D eigenvalue weighted by atomic mass is 35.5. The van der Waals surface area contributed by atoms with E-state index < -0.39 is 6.10 Å². The molecule has 1 aliphatic rings. The van der Waals surface area contributed by atoms with Crippen LogP contribution in [-0.2, 0) is 6.54 Å². The van der Waals surface area contributed by atoms with Gasteiger partial charge in [-0.15, -0.1) is 11.3 Å². The van der Waals surface area contributed by atoms with Gasteiger partial charge >= 0.3 is 0 Å². The van der Waals surface area contributed by atoms with Crippen LogP contribution < -0.4 is 4.74 Å².